The zero-order valence-electron chi connectivity index (χ0n) is 17.9. The van der Waals surface area contributed by atoms with Crippen molar-refractivity contribution < 1.29 is 9.90 Å². The predicted octanol–water partition coefficient (Wildman–Crippen LogP) is 3.78. The van der Waals surface area contributed by atoms with Crippen LogP contribution in [0.25, 0.3) is 0 Å². The Labute approximate surface area is 181 Å². The highest BCUT2D eigenvalue weighted by molar-refractivity contribution is 5.99. The summed E-state index contributed by atoms with van der Waals surface area (Å²) in [7, 11) is 0. The van der Waals surface area contributed by atoms with Crippen LogP contribution in [-0.4, -0.2) is 29.0 Å². The molecular weight excluding hydrogens is 394 g/mol. The van der Waals surface area contributed by atoms with Crippen molar-refractivity contribution in [2.45, 2.75) is 33.2 Å². The highest BCUT2D eigenvalue weighted by atomic mass is 16.3. The molecule has 3 aromatic rings. The number of hydrogen-bond acceptors (Lipinski definition) is 6. The second-order valence-electron chi connectivity index (χ2n) is 7.23. The Morgan fingerprint density at radius 1 is 0.935 bits per heavy atom. The highest BCUT2D eigenvalue weighted by Gasteiger charge is 2.25. The zero-order chi connectivity index (χ0) is 22.5. The van der Waals surface area contributed by atoms with E-state index in [2.05, 4.69) is 10.6 Å². The largest absolute Gasteiger partial charge is 0.505 e. The van der Waals surface area contributed by atoms with Gasteiger partial charge in [0.15, 0.2) is 5.75 Å². The minimum absolute atomic E-state index is 0.0853. The summed E-state index contributed by atoms with van der Waals surface area (Å²) in [5.74, 6) is -0.557. The fraction of sp³-hybridized carbons (Fsp3) is 0.292. The zero-order valence-corrected chi connectivity index (χ0v) is 17.9. The Hall–Kier alpha value is -3.61. The Bertz CT molecular complexity index is 1130. The molecule has 0 heterocycles. The van der Waals surface area contributed by atoms with Crippen LogP contribution in [0.5, 0.6) is 5.75 Å². The molecule has 31 heavy (non-hydrogen) atoms. The first-order chi connectivity index (χ1) is 14.9. The van der Waals surface area contributed by atoms with Crippen LogP contribution in [0.2, 0.25) is 0 Å². The molecule has 162 valence electrons. The van der Waals surface area contributed by atoms with Gasteiger partial charge in [-0.2, -0.15) is 0 Å². The van der Waals surface area contributed by atoms with Gasteiger partial charge in [-0.25, -0.2) is 0 Å². The Kier molecular flexibility index (Phi) is 6.74. The van der Waals surface area contributed by atoms with E-state index in [4.69, 9.17) is 0 Å². The molecule has 0 aromatic heterocycles. The third-order valence-electron chi connectivity index (χ3n) is 5.42. The molecule has 0 unspecified atom stereocenters. The number of phenols is 1. The van der Waals surface area contributed by atoms with Gasteiger partial charge in [-0.1, -0.05) is 43.3 Å². The maximum atomic E-state index is 12.7. The number of benzene rings is 2. The summed E-state index contributed by atoms with van der Waals surface area (Å²) in [6.45, 7) is 6.72. The van der Waals surface area contributed by atoms with Gasteiger partial charge < -0.3 is 20.6 Å². The van der Waals surface area contributed by atoms with Gasteiger partial charge in [0.25, 0.3) is 16.8 Å². The molecule has 0 aliphatic carbocycles. The number of carbonyl (C=O) groups excluding carboxylic acids is 1. The molecule has 0 fully saturated rings. The average Bonchev–Trinajstić information content (AvgIpc) is 2.80. The molecular formula is C24H27N3O4. The Morgan fingerprint density at radius 2 is 1.58 bits per heavy atom. The standard InChI is InChI=1S/C24H27N3O4/c1-4-17(15-11-8-7-9-12-15)25-19-20(23(30)22(19)29)26-18-14-10-13-16(21(18)28)24(31)27(5-2)6-3/h7-14,17,25-26,28H,4-6H2,1-3H3/t17-/m1/s1. The second-order valence-corrected chi connectivity index (χ2v) is 7.23. The smallest absolute Gasteiger partial charge is 0.257 e. The molecule has 0 aliphatic heterocycles. The van der Waals surface area contributed by atoms with E-state index in [0.29, 0.717) is 19.5 Å². The van der Waals surface area contributed by atoms with Crippen molar-refractivity contribution in [3.8, 4) is 5.75 Å². The van der Waals surface area contributed by atoms with Gasteiger partial charge in [0.2, 0.25) is 0 Å². The van der Waals surface area contributed by atoms with Crippen LogP contribution in [0.15, 0.2) is 58.1 Å². The maximum Gasteiger partial charge on any atom is 0.257 e. The van der Waals surface area contributed by atoms with Crippen LogP contribution < -0.4 is 21.5 Å². The number of nitrogens with zero attached hydrogens (tertiary/aromatic N) is 1. The first kappa shape index (κ1) is 22.1. The summed E-state index contributed by atoms with van der Waals surface area (Å²) in [6.07, 6.45) is 0.710. The number of phenolic OH excluding ortho intramolecular Hbond substituents is 1. The molecule has 0 radical (unpaired) electrons. The Balaban J connectivity index is 1.89. The van der Waals surface area contributed by atoms with Gasteiger partial charge in [-0.3, -0.25) is 14.4 Å². The SMILES string of the molecule is CC[C@@H](Nc1c(Nc2cccc(C(=O)N(CC)CC)c2O)c(=O)c1=O)c1ccccc1. The van der Waals surface area contributed by atoms with Crippen molar-refractivity contribution in [1.82, 2.24) is 4.90 Å². The van der Waals surface area contributed by atoms with E-state index in [9.17, 15) is 19.5 Å². The number of carbonyl (C=O) groups is 1. The summed E-state index contributed by atoms with van der Waals surface area (Å²) in [4.78, 5) is 38.7. The summed E-state index contributed by atoms with van der Waals surface area (Å²) >= 11 is 0. The molecule has 0 spiro atoms. The van der Waals surface area contributed by atoms with Crippen molar-refractivity contribution in [2.75, 3.05) is 23.7 Å². The van der Waals surface area contributed by atoms with Crippen LogP contribution in [-0.2, 0) is 0 Å². The number of hydrogen-bond donors (Lipinski definition) is 3. The molecule has 3 rings (SSSR count). The summed E-state index contributed by atoms with van der Waals surface area (Å²) in [5.41, 5.74) is 0.330. The van der Waals surface area contributed by atoms with E-state index < -0.39 is 10.9 Å². The summed E-state index contributed by atoms with van der Waals surface area (Å²) < 4.78 is 0. The highest BCUT2D eigenvalue weighted by Crippen LogP contribution is 2.33. The lowest BCUT2D eigenvalue weighted by Gasteiger charge is -2.23. The molecule has 0 aliphatic rings. The lowest BCUT2D eigenvalue weighted by molar-refractivity contribution is 0.0770. The third kappa shape index (κ3) is 4.30. The van der Waals surface area contributed by atoms with E-state index in [1.807, 2.05) is 51.1 Å². The van der Waals surface area contributed by atoms with Crippen LogP contribution >= 0.6 is 0 Å². The second kappa shape index (κ2) is 9.47. The number of nitrogens with one attached hydrogen (secondary N) is 2. The molecule has 3 aromatic carbocycles. The summed E-state index contributed by atoms with van der Waals surface area (Å²) in [5, 5.41) is 16.7. The van der Waals surface area contributed by atoms with Crippen molar-refractivity contribution in [2.24, 2.45) is 0 Å². The normalized spacial score (nSPS) is 11.8. The predicted molar refractivity (Wildman–Crippen MR) is 123 cm³/mol. The van der Waals surface area contributed by atoms with Crippen LogP contribution in [0.3, 0.4) is 0 Å². The summed E-state index contributed by atoms with van der Waals surface area (Å²) in [6, 6.07) is 14.2. The molecule has 1 amide bonds. The number of anilines is 3. The molecule has 0 saturated carbocycles. The lowest BCUT2D eigenvalue weighted by Crippen LogP contribution is -2.37. The Morgan fingerprint density at radius 3 is 2.19 bits per heavy atom. The fourth-order valence-electron chi connectivity index (χ4n) is 3.56. The van der Waals surface area contributed by atoms with Crippen LogP contribution in [0, 0.1) is 0 Å². The van der Waals surface area contributed by atoms with Gasteiger partial charge >= 0.3 is 0 Å². The van der Waals surface area contributed by atoms with E-state index in [1.54, 1.807) is 17.0 Å². The number of rotatable bonds is 9. The van der Waals surface area contributed by atoms with E-state index >= 15 is 0 Å². The van der Waals surface area contributed by atoms with Gasteiger partial charge in [0, 0.05) is 13.1 Å². The van der Waals surface area contributed by atoms with Crippen molar-refractivity contribution in [3.05, 3.63) is 80.1 Å². The minimum atomic E-state index is -0.662. The molecule has 7 heteroatoms. The van der Waals surface area contributed by atoms with Crippen LogP contribution in [0.4, 0.5) is 17.1 Å². The minimum Gasteiger partial charge on any atom is -0.505 e. The number of para-hydroxylation sites is 1. The molecule has 3 N–H and O–H groups in total. The van der Waals surface area contributed by atoms with Gasteiger partial charge in [0.1, 0.15) is 11.4 Å². The maximum absolute atomic E-state index is 12.7. The van der Waals surface area contributed by atoms with Crippen molar-refractivity contribution in [1.29, 1.82) is 0 Å². The first-order valence-electron chi connectivity index (χ1n) is 10.5. The van der Waals surface area contributed by atoms with Gasteiger partial charge in [-0.15, -0.1) is 0 Å². The number of amides is 1. The van der Waals surface area contributed by atoms with Gasteiger partial charge in [0.05, 0.1) is 17.3 Å². The number of aromatic hydroxyl groups is 1. The quantitative estimate of drug-likeness (QED) is 0.359. The molecule has 0 bridgehead atoms. The van der Waals surface area contributed by atoms with Crippen molar-refractivity contribution >= 4 is 23.0 Å². The molecule has 7 nitrogen and oxygen atoms in total. The monoisotopic (exact) mass is 421 g/mol. The molecule has 0 saturated heterocycles. The molecule has 1 atom stereocenters. The van der Waals surface area contributed by atoms with E-state index in [-0.39, 0.29) is 40.3 Å². The van der Waals surface area contributed by atoms with E-state index in [1.165, 1.54) is 6.07 Å². The lowest BCUT2D eigenvalue weighted by atomic mass is 10.0. The van der Waals surface area contributed by atoms with Crippen molar-refractivity contribution in [3.63, 3.8) is 0 Å². The van der Waals surface area contributed by atoms with Crippen LogP contribution in [0.1, 0.15) is 49.2 Å². The average molecular weight is 421 g/mol. The van der Waals surface area contributed by atoms with Gasteiger partial charge in [-0.05, 0) is 38.0 Å². The first-order valence-corrected chi connectivity index (χ1v) is 10.5. The topological polar surface area (TPSA) is 98.7 Å². The fourth-order valence-corrected chi connectivity index (χ4v) is 3.56. The van der Waals surface area contributed by atoms with E-state index in [0.717, 1.165) is 5.56 Å². The third-order valence-corrected chi connectivity index (χ3v) is 5.42.